The van der Waals surface area contributed by atoms with Crippen LogP contribution in [-0.2, 0) is 9.53 Å². The van der Waals surface area contributed by atoms with Crippen LogP contribution in [0.3, 0.4) is 0 Å². The van der Waals surface area contributed by atoms with Crippen molar-refractivity contribution in [3.63, 3.8) is 0 Å². The molecule has 1 unspecified atom stereocenters. The number of likely N-dealkylation sites (tertiary alicyclic amines) is 1. The monoisotopic (exact) mass is 297 g/mol. The number of piperidine rings is 1. The second-order valence-electron chi connectivity index (χ2n) is 5.22. The number of nitriles is 1. The Labute approximate surface area is 125 Å². The number of hydrogen-bond donors (Lipinski definition) is 1. The van der Waals surface area contributed by atoms with Crippen molar-refractivity contribution < 1.29 is 19.4 Å². The van der Waals surface area contributed by atoms with E-state index in [2.05, 4.69) is 0 Å². The fourth-order valence-electron chi connectivity index (χ4n) is 2.54. The number of carbonyl (C=O) groups excluding carboxylic acids is 1. The van der Waals surface area contributed by atoms with Gasteiger partial charge in [0.15, 0.2) is 0 Å². The quantitative estimate of drug-likeness (QED) is 0.761. The number of amides is 2. The molecule has 118 valence electrons. The molecule has 1 fully saturated rings. The molecule has 0 aliphatic carbocycles. The maximum atomic E-state index is 12.5. The van der Waals surface area contributed by atoms with Gasteiger partial charge in [-0.25, -0.2) is 4.79 Å². The predicted octanol–water partition coefficient (Wildman–Crippen LogP) is 1.16. The average molecular weight is 297 g/mol. The number of urea groups is 1. The van der Waals surface area contributed by atoms with Crippen LogP contribution in [0.15, 0.2) is 0 Å². The standard InChI is InChI=1S/C14H23N3O4/c1-21-9-8-16(7-3-5-15)14(20)17-6-2-4-12(11-17)10-13(18)19/h12H,2-4,6-11H2,1H3,(H,18,19). The third-order valence-corrected chi connectivity index (χ3v) is 3.58. The minimum atomic E-state index is -0.824. The van der Waals surface area contributed by atoms with Crippen molar-refractivity contribution in [2.24, 2.45) is 5.92 Å². The van der Waals surface area contributed by atoms with Crippen molar-refractivity contribution in [1.82, 2.24) is 9.80 Å². The topological polar surface area (TPSA) is 93.9 Å². The van der Waals surface area contributed by atoms with Crippen LogP contribution in [0, 0.1) is 17.2 Å². The van der Waals surface area contributed by atoms with Gasteiger partial charge < -0.3 is 19.6 Å². The Morgan fingerprint density at radius 1 is 1.48 bits per heavy atom. The molecule has 2 amide bonds. The minimum Gasteiger partial charge on any atom is -0.481 e. The van der Waals surface area contributed by atoms with E-state index in [0.717, 1.165) is 12.8 Å². The molecule has 1 aliphatic rings. The van der Waals surface area contributed by atoms with Gasteiger partial charge in [0.2, 0.25) is 0 Å². The second-order valence-corrected chi connectivity index (χ2v) is 5.22. The van der Waals surface area contributed by atoms with Crippen molar-refractivity contribution in [1.29, 1.82) is 5.26 Å². The van der Waals surface area contributed by atoms with E-state index >= 15 is 0 Å². The molecule has 1 saturated heterocycles. The maximum Gasteiger partial charge on any atom is 0.320 e. The van der Waals surface area contributed by atoms with Crippen LogP contribution in [0.2, 0.25) is 0 Å². The maximum absolute atomic E-state index is 12.5. The molecule has 0 radical (unpaired) electrons. The molecule has 0 saturated carbocycles. The molecular formula is C14H23N3O4. The number of aliphatic carboxylic acids is 1. The molecule has 1 rings (SSSR count). The summed E-state index contributed by atoms with van der Waals surface area (Å²) in [5.74, 6) is -0.810. The van der Waals surface area contributed by atoms with Crippen molar-refractivity contribution >= 4 is 12.0 Å². The van der Waals surface area contributed by atoms with Crippen LogP contribution in [0.5, 0.6) is 0 Å². The number of rotatable bonds is 7. The van der Waals surface area contributed by atoms with E-state index < -0.39 is 5.97 Å². The van der Waals surface area contributed by atoms with E-state index in [9.17, 15) is 9.59 Å². The highest BCUT2D eigenvalue weighted by atomic mass is 16.5. The lowest BCUT2D eigenvalue weighted by atomic mass is 9.95. The Morgan fingerprint density at radius 2 is 2.24 bits per heavy atom. The Bertz CT molecular complexity index is 394. The third kappa shape index (κ3) is 6.00. The fourth-order valence-corrected chi connectivity index (χ4v) is 2.54. The Balaban J connectivity index is 2.59. The lowest BCUT2D eigenvalue weighted by Gasteiger charge is -2.36. The molecule has 21 heavy (non-hydrogen) atoms. The molecule has 1 atom stereocenters. The summed E-state index contributed by atoms with van der Waals surface area (Å²) in [4.78, 5) is 26.6. The Hall–Kier alpha value is -1.81. The largest absolute Gasteiger partial charge is 0.481 e. The molecule has 1 aliphatic heterocycles. The van der Waals surface area contributed by atoms with Crippen LogP contribution in [-0.4, -0.2) is 66.8 Å². The van der Waals surface area contributed by atoms with Gasteiger partial charge >= 0.3 is 12.0 Å². The number of ether oxygens (including phenoxy) is 1. The van der Waals surface area contributed by atoms with E-state index in [1.165, 1.54) is 0 Å². The highest BCUT2D eigenvalue weighted by molar-refractivity contribution is 5.75. The van der Waals surface area contributed by atoms with Gasteiger partial charge in [-0.1, -0.05) is 0 Å². The van der Waals surface area contributed by atoms with Crippen LogP contribution in [0.1, 0.15) is 25.7 Å². The van der Waals surface area contributed by atoms with Crippen LogP contribution in [0.4, 0.5) is 4.79 Å². The second kappa shape index (κ2) is 9.19. The van der Waals surface area contributed by atoms with Crippen molar-refractivity contribution in [2.45, 2.75) is 25.7 Å². The first-order valence-electron chi connectivity index (χ1n) is 7.20. The Morgan fingerprint density at radius 3 is 2.86 bits per heavy atom. The first kappa shape index (κ1) is 17.2. The summed E-state index contributed by atoms with van der Waals surface area (Å²) in [6.07, 6.45) is 2.04. The van der Waals surface area contributed by atoms with Gasteiger partial charge in [0, 0.05) is 39.7 Å². The highest BCUT2D eigenvalue weighted by Gasteiger charge is 2.27. The molecule has 1 heterocycles. The molecule has 1 N–H and O–H groups in total. The Kier molecular flexibility index (Phi) is 7.54. The number of carboxylic acid groups (broad SMARTS) is 1. The van der Waals surface area contributed by atoms with E-state index in [0.29, 0.717) is 32.8 Å². The van der Waals surface area contributed by atoms with E-state index in [4.69, 9.17) is 15.1 Å². The van der Waals surface area contributed by atoms with Gasteiger partial charge in [0.1, 0.15) is 0 Å². The number of methoxy groups -OCH3 is 1. The van der Waals surface area contributed by atoms with Crippen LogP contribution >= 0.6 is 0 Å². The van der Waals surface area contributed by atoms with E-state index in [-0.39, 0.29) is 24.8 Å². The number of carboxylic acids is 1. The molecular weight excluding hydrogens is 274 g/mol. The zero-order valence-corrected chi connectivity index (χ0v) is 12.5. The summed E-state index contributed by atoms with van der Waals surface area (Å²) in [5.41, 5.74) is 0. The summed E-state index contributed by atoms with van der Waals surface area (Å²) in [5, 5.41) is 17.5. The summed E-state index contributed by atoms with van der Waals surface area (Å²) < 4.78 is 4.99. The molecule has 7 heteroatoms. The van der Waals surface area contributed by atoms with E-state index in [1.807, 2.05) is 6.07 Å². The molecule has 7 nitrogen and oxygen atoms in total. The van der Waals surface area contributed by atoms with Crippen LogP contribution < -0.4 is 0 Å². The van der Waals surface area contributed by atoms with Gasteiger partial charge in [-0.15, -0.1) is 0 Å². The number of hydrogen-bond acceptors (Lipinski definition) is 4. The summed E-state index contributed by atoms with van der Waals surface area (Å²) in [6, 6.07) is 1.91. The van der Waals surface area contributed by atoms with Gasteiger partial charge in [-0.3, -0.25) is 4.79 Å². The lowest BCUT2D eigenvalue weighted by Crippen LogP contribution is -2.49. The van der Waals surface area contributed by atoms with Crippen molar-refractivity contribution in [2.75, 3.05) is 39.9 Å². The predicted molar refractivity (Wildman–Crippen MR) is 75.6 cm³/mol. The van der Waals surface area contributed by atoms with Gasteiger partial charge in [0.25, 0.3) is 0 Å². The summed E-state index contributed by atoms with van der Waals surface area (Å²) >= 11 is 0. The van der Waals surface area contributed by atoms with Gasteiger partial charge in [0.05, 0.1) is 19.1 Å². The molecule has 0 aromatic heterocycles. The lowest BCUT2D eigenvalue weighted by molar-refractivity contribution is -0.138. The van der Waals surface area contributed by atoms with Crippen molar-refractivity contribution in [3.8, 4) is 6.07 Å². The number of nitrogens with zero attached hydrogens (tertiary/aromatic N) is 3. The van der Waals surface area contributed by atoms with Gasteiger partial charge in [-0.2, -0.15) is 5.26 Å². The molecule has 0 aromatic rings. The normalized spacial score (nSPS) is 18.1. The highest BCUT2D eigenvalue weighted by Crippen LogP contribution is 2.20. The molecule has 0 bridgehead atoms. The third-order valence-electron chi connectivity index (χ3n) is 3.58. The zero-order chi connectivity index (χ0) is 15.7. The average Bonchev–Trinajstić information content (AvgIpc) is 2.46. The first-order valence-corrected chi connectivity index (χ1v) is 7.20. The smallest absolute Gasteiger partial charge is 0.320 e. The molecule has 0 spiro atoms. The molecule has 0 aromatic carbocycles. The van der Waals surface area contributed by atoms with Crippen LogP contribution in [0.25, 0.3) is 0 Å². The SMILES string of the molecule is COCCN(CCC#N)C(=O)N1CCCC(CC(=O)O)C1. The zero-order valence-electron chi connectivity index (χ0n) is 12.5. The van der Waals surface area contributed by atoms with Gasteiger partial charge in [-0.05, 0) is 18.8 Å². The summed E-state index contributed by atoms with van der Waals surface area (Å²) in [7, 11) is 1.57. The van der Waals surface area contributed by atoms with E-state index in [1.54, 1.807) is 16.9 Å². The summed E-state index contributed by atoms with van der Waals surface area (Å²) in [6.45, 7) is 2.35. The first-order chi connectivity index (χ1) is 10.1. The fraction of sp³-hybridized carbons (Fsp3) is 0.786. The number of carbonyl (C=O) groups is 2. The van der Waals surface area contributed by atoms with Crippen molar-refractivity contribution in [3.05, 3.63) is 0 Å². The minimum absolute atomic E-state index is 0.0143.